The summed E-state index contributed by atoms with van der Waals surface area (Å²) in [4.78, 5) is 10.3. The van der Waals surface area contributed by atoms with Gasteiger partial charge < -0.3 is 9.84 Å². The summed E-state index contributed by atoms with van der Waals surface area (Å²) in [5, 5.41) is 8.49. The lowest BCUT2D eigenvalue weighted by Gasteiger charge is -2.02. The predicted octanol–water partition coefficient (Wildman–Crippen LogP) is 3.74. The zero-order chi connectivity index (χ0) is 13.2. The van der Waals surface area contributed by atoms with E-state index in [1.165, 1.54) is 0 Å². The van der Waals surface area contributed by atoms with Crippen molar-refractivity contribution in [1.29, 1.82) is 0 Å². The molecule has 0 bridgehead atoms. The lowest BCUT2D eigenvalue weighted by Crippen LogP contribution is -1.92. The Morgan fingerprint density at radius 2 is 2.00 bits per heavy atom. The van der Waals surface area contributed by atoms with Gasteiger partial charge in [-0.3, -0.25) is 4.79 Å². The van der Waals surface area contributed by atoms with Crippen LogP contribution in [0.15, 0.2) is 30.3 Å². The van der Waals surface area contributed by atoms with Crippen LogP contribution in [-0.4, -0.2) is 17.7 Å². The molecule has 1 rings (SSSR count). The first-order valence-corrected chi connectivity index (χ1v) is 6.33. The van der Waals surface area contributed by atoms with E-state index in [4.69, 9.17) is 9.84 Å². The number of carboxylic acids is 1. The molecule has 0 unspecified atom stereocenters. The van der Waals surface area contributed by atoms with Crippen LogP contribution in [0.25, 0.3) is 6.08 Å². The van der Waals surface area contributed by atoms with Crippen LogP contribution in [0.5, 0.6) is 5.75 Å². The molecule has 0 aliphatic rings. The highest BCUT2D eigenvalue weighted by Gasteiger charge is 1.95. The molecular weight excluding hydrogens is 228 g/mol. The highest BCUT2D eigenvalue weighted by molar-refractivity contribution is 5.66. The minimum atomic E-state index is -0.717. The van der Waals surface area contributed by atoms with E-state index in [9.17, 15) is 4.79 Å². The quantitative estimate of drug-likeness (QED) is 0.713. The Morgan fingerprint density at radius 1 is 1.28 bits per heavy atom. The molecule has 98 valence electrons. The summed E-state index contributed by atoms with van der Waals surface area (Å²) < 4.78 is 5.36. The number of aliphatic carboxylic acids is 1. The van der Waals surface area contributed by atoms with Gasteiger partial charge in [0.05, 0.1) is 6.61 Å². The zero-order valence-corrected chi connectivity index (χ0v) is 10.8. The molecule has 0 atom stereocenters. The summed E-state index contributed by atoms with van der Waals surface area (Å²) in [7, 11) is 0. The van der Waals surface area contributed by atoms with Gasteiger partial charge in [-0.2, -0.15) is 0 Å². The largest absolute Gasteiger partial charge is 0.494 e. The molecule has 0 aliphatic heterocycles. The van der Waals surface area contributed by atoms with E-state index in [-0.39, 0.29) is 6.42 Å². The number of carbonyl (C=O) groups is 1. The van der Waals surface area contributed by atoms with Crippen LogP contribution in [0.4, 0.5) is 0 Å². The fourth-order valence-corrected chi connectivity index (χ4v) is 1.60. The molecule has 0 aliphatic carbocycles. The molecule has 0 heterocycles. The number of carboxylic acid groups (broad SMARTS) is 1. The molecule has 0 saturated carbocycles. The highest BCUT2D eigenvalue weighted by atomic mass is 16.5. The van der Waals surface area contributed by atoms with Gasteiger partial charge in [-0.1, -0.05) is 24.3 Å². The van der Waals surface area contributed by atoms with Crippen molar-refractivity contribution in [3.8, 4) is 5.75 Å². The number of ether oxygens (including phenoxy) is 1. The fourth-order valence-electron chi connectivity index (χ4n) is 1.60. The molecule has 0 amide bonds. The SMILES string of the molecule is CCOc1ccc(C=CCCCCC(=O)O)cc1. The standard InChI is InChI=1S/C15H20O3/c1-2-18-14-11-9-13(10-12-14)7-5-3-4-6-8-15(16)17/h5,7,9-12H,2-4,6,8H2,1H3,(H,16,17). The molecule has 0 spiro atoms. The topological polar surface area (TPSA) is 46.5 Å². The van der Waals surface area contributed by atoms with E-state index < -0.39 is 5.97 Å². The maximum absolute atomic E-state index is 10.3. The second-order valence-corrected chi connectivity index (χ2v) is 4.04. The summed E-state index contributed by atoms with van der Waals surface area (Å²) in [6, 6.07) is 7.93. The summed E-state index contributed by atoms with van der Waals surface area (Å²) in [6.45, 7) is 2.64. The van der Waals surface area contributed by atoms with Crippen LogP contribution in [0, 0.1) is 0 Å². The van der Waals surface area contributed by atoms with Crippen molar-refractivity contribution in [2.24, 2.45) is 0 Å². The van der Waals surface area contributed by atoms with Crippen molar-refractivity contribution in [3.63, 3.8) is 0 Å². The molecule has 0 fully saturated rings. The zero-order valence-electron chi connectivity index (χ0n) is 10.8. The predicted molar refractivity (Wildman–Crippen MR) is 72.7 cm³/mol. The second kappa shape index (κ2) is 8.34. The van der Waals surface area contributed by atoms with Crippen molar-refractivity contribution in [2.75, 3.05) is 6.61 Å². The van der Waals surface area contributed by atoms with E-state index >= 15 is 0 Å². The van der Waals surface area contributed by atoms with Gasteiger partial charge in [0, 0.05) is 6.42 Å². The minimum absolute atomic E-state index is 0.261. The highest BCUT2D eigenvalue weighted by Crippen LogP contribution is 2.13. The van der Waals surface area contributed by atoms with Gasteiger partial charge in [0.15, 0.2) is 0 Å². The number of hydrogen-bond acceptors (Lipinski definition) is 2. The van der Waals surface area contributed by atoms with Gasteiger partial charge in [-0.05, 0) is 43.9 Å². The first-order valence-electron chi connectivity index (χ1n) is 6.33. The average Bonchev–Trinajstić information content (AvgIpc) is 2.35. The number of unbranched alkanes of at least 4 members (excludes halogenated alkanes) is 2. The Bertz CT molecular complexity index is 379. The number of rotatable bonds is 8. The summed E-state index contributed by atoms with van der Waals surface area (Å²) in [6.07, 6.45) is 6.97. The molecule has 1 aromatic carbocycles. The van der Waals surface area contributed by atoms with Crippen molar-refractivity contribution >= 4 is 12.0 Å². The minimum Gasteiger partial charge on any atom is -0.494 e. The third kappa shape index (κ3) is 6.09. The third-order valence-corrected chi connectivity index (χ3v) is 2.51. The fraction of sp³-hybridized carbons (Fsp3) is 0.400. The second-order valence-electron chi connectivity index (χ2n) is 4.04. The lowest BCUT2D eigenvalue weighted by atomic mass is 10.1. The van der Waals surface area contributed by atoms with Gasteiger partial charge in [0.2, 0.25) is 0 Å². The van der Waals surface area contributed by atoms with E-state index in [2.05, 4.69) is 12.2 Å². The molecule has 3 heteroatoms. The number of allylic oxidation sites excluding steroid dienone is 1. The summed E-state index contributed by atoms with van der Waals surface area (Å²) >= 11 is 0. The van der Waals surface area contributed by atoms with Gasteiger partial charge in [-0.25, -0.2) is 0 Å². The molecular formula is C15H20O3. The van der Waals surface area contributed by atoms with E-state index in [0.717, 1.165) is 30.6 Å². The van der Waals surface area contributed by atoms with Crippen LogP contribution in [0.2, 0.25) is 0 Å². The van der Waals surface area contributed by atoms with Crippen molar-refractivity contribution < 1.29 is 14.6 Å². The van der Waals surface area contributed by atoms with Gasteiger partial charge in [-0.15, -0.1) is 0 Å². The molecule has 0 radical (unpaired) electrons. The normalized spacial score (nSPS) is 10.7. The first-order chi connectivity index (χ1) is 8.72. The maximum atomic E-state index is 10.3. The van der Waals surface area contributed by atoms with Crippen molar-refractivity contribution in [3.05, 3.63) is 35.9 Å². The molecule has 18 heavy (non-hydrogen) atoms. The first kappa shape index (κ1) is 14.3. The van der Waals surface area contributed by atoms with E-state index in [1.807, 2.05) is 31.2 Å². The summed E-state index contributed by atoms with van der Waals surface area (Å²) in [5.74, 6) is 0.168. The number of benzene rings is 1. The van der Waals surface area contributed by atoms with Crippen LogP contribution >= 0.6 is 0 Å². The van der Waals surface area contributed by atoms with Crippen molar-refractivity contribution in [1.82, 2.24) is 0 Å². The van der Waals surface area contributed by atoms with Crippen LogP contribution in [0.3, 0.4) is 0 Å². The van der Waals surface area contributed by atoms with Gasteiger partial charge >= 0.3 is 5.97 Å². The lowest BCUT2D eigenvalue weighted by molar-refractivity contribution is -0.137. The Labute approximate surface area is 108 Å². The van der Waals surface area contributed by atoms with Crippen LogP contribution in [0.1, 0.15) is 38.2 Å². The molecule has 0 saturated heterocycles. The van der Waals surface area contributed by atoms with E-state index in [0.29, 0.717) is 6.61 Å². The Morgan fingerprint density at radius 3 is 2.61 bits per heavy atom. The molecule has 3 nitrogen and oxygen atoms in total. The van der Waals surface area contributed by atoms with Crippen LogP contribution < -0.4 is 4.74 Å². The number of hydrogen-bond donors (Lipinski definition) is 1. The summed E-state index contributed by atoms with van der Waals surface area (Å²) in [5.41, 5.74) is 1.14. The average molecular weight is 248 g/mol. The smallest absolute Gasteiger partial charge is 0.303 e. The van der Waals surface area contributed by atoms with Gasteiger partial charge in [0.25, 0.3) is 0 Å². The molecule has 1 aromatic rings. The Balaban J connectivity index is 2.27. The molecule has 1 N–H and O–H groups in total. The van der Waals surface area contributed by atoms with E-state index in [1.54, 1.807) is 0 Å². The monoisotopic (exact) mass is 248 g/mol. The van der Waals surface area contributed by atoms with Gasteiger partial charge in [0.1, 0.15) is 5.75 Å². The Kier molecular flexibility index (Phi) is 6.62. The maximum Gasteiger partial charge on any atom is 0.303 e. The molecule has 0 aromatic heterocycles. The third-order valence-electron chi connectivity index (χ3n) is 2.51. The van der Waals surface area contributed by atoms with Crippen LogP contribution in [-0.2, 0) is 4.79 Å². The Hall–Kier alpha value is -1.77. The van der Waals surface area contributed by atoms with Crippen molar-refractivity contribution in [2.45, 2.75) is 32.6 Å².